The predicted molar refractivity (Wildman–Crippen MR) is 101 cm³/mol. The second-order valence-electron chi connectivity index (χ2n) is 7.31. The number of aromatic nitrogens is 2. The Hall–Kier alpha value is -1.92. The van der Waals surface area contributed by atoms with Crippen LogP contribution in [0.4, 0.5) is 5.69 Å². The minimum absolute atomic E-state index is 0.161. The average Bonchev–Trinajstić information content (AvgIpc) is 3.06. The lowest BCUT2D eigenvalue weighted by Crippen LogP contribution is -2.44. The van der Waals surface area contributed by atoms with E-state index in [9.17, 15) is 0 Å². The van der Waals surface area contributed by atoms with Gasteiger partial charge in [0.25, 0.3) is 5.89 Å². The van der Waals surface area contributed by atoms with E-state index in [4.69, 9.17) is 4.52 Å². The maximum atomic E-state index is 5.60. The van der Waals surface area contributed by atoms with Gasteiger partial charge in [0.1, 0.15) is 0 Å². The summed E-state index contributed by atoms with van der Waals surface area (Å²) in [5, 5.41) is 11.2. The molecule has 0 saturated carbocycles. The van der Waals surface area contributed by atoms with Gasteiger partial charge in [0.2, 0.25) is 0 Å². The van der Waals surface area contributed by atoms with Gasteiger partial charge in [0, 0.05) is 36.9 Å². The standard InChI is InChI=1S/C19H29N5O/c1-12(2)14(4)21-16-8-6-7-15(13(16)3)19-22-18(23-25-19)17-11-20-9-10-24(17)5/h6-8,12,14,17,20-21H,9-11H2,1-5H3. The van der Waals surface area contributed by atoms with Crippen LogP contribution in [0.15, 0.2) is 22.7 Å². The molecule has 2 atom stereocenters. The molecule has 6 heteroatoms. The maximum absolute atomic E-state index is 5.60. The first-order chi connectivity index (χ1) is 12.0. The molecule has 1 aliphatic rings. The first-order valence-electron chi connectivity index (χ1n) is 9.08. The molecule has 1 fully saturated rings. The summed E-state index contributed by atoms with van der Waals surface area (Å²) in [6.45, 7) is 11.6. The first-order valence-corrected chi connectivity index (χ1v) is 9.08. The van der Waals surface area contributed by atoms with E-state index in [2.05, 4.69) is 66.5 Å². The van der Waals surface area contributed by atoms with Gasteiger partial charge in [-0.05, 0) is 44.5 Å². The quantitative estimate of drug-likeness (QED) is 0.870. The minimum Gasteiger partial charge on any atom is -0.382 e. The van der Waals surface area contributed by atoms with Crippen molar-refractivity contribution in [3.8, 4) is 11.5 Å². The van der Waals surface area contributed by atoms with Crippen molar-refractivity contribution >= 4 is 5.69 Å². The van der Waals surface area contributed by atoms with E-state index in [1.54, 1.807) is 0 Å². The van der Waals surface area contributed by atoms with Crippen molar-refractivity contribution in [3.63, 3.8) is 0 Å². The van der Waals surface area contributed by atoms with Gasteiger partial charge < -0.3 is 15.2 Å². The Morgan fingerprint density at radius 3 is 2.84 bits per heavy atom. The minimum atomic E-state index is 0.161. The molecule has 6 nitrogen and oxygen atoms in total. The Labute approximate surface area is 150 Å². The van der Waals surface area contributed by atoms with E-state index in [1.807, 2.05) is 12.1 Å². The molecule has 0 bridgehead atoms. The Kier molecular flexibility index (Phi) is 5.39. The molecule has 25 heavy (non-hydrogen) atoms. The highest BCUT2D eigenvalue weighted by Crippen LogP contribution is 2.29. The molecule has 3 rings (SSSR count). The second kappa shape index (κ2) is 7.54. The van der Waals surface area contributed by atoms with Crippen molar-refractivity contribution in [1.29, 1.82) is 0 Å². The molecular weight excluding hydrogens is 314 g/mol. The molecule has 2 N–H and O–H groups in total. The zero-order valence-electron chi connectivity index (χ0n) is 15.8. The van der Waals surface area contributed by atoms with Gasteiger partial charge in [-0.25, -0.2) is 0 Å². The highest BCUT2D eigenvalue weighted by molar-refractivity contribution is 5.68. The van der Waals surface area contributed by atoms with E-state index in [1.165, 1.54) is 0 Å². The zero-order chi connectivity index (χ0) is 18.0. The van der Waals surface area contributed by atoms with Crippen molar-refractivity contribution < 1.29 is 4.52 Å². The highest BCUT2D eigenvalue weighted by Gasteiger charge is 2.26. The summed E-state index contributed by atoms with van der Waals surface area (Å²) in [6.07, 6.45) is 0. The third kappa shape index (κ3) is 3.85. The fraction of sp³-hybridized carbons (Fsp3) is 0.579. The van der Waals surface area contributed by atoms with Gasteiger partial charge in [-0.15, -0.1) is 0 Å². The van der Waals surface area contributed by atoms with Gasteiger partial charge in [-0.3, -0.25) is 4.90 Å². The zero-order valence-corrected chi connectivity index (χ0v) is 15.8. The third-order valence-electron chi connectivity index (χ3n) is 5.20. The molecule has 1 aromatic carbocycles. The molecule has 1 aliphatic heterocycles. The topological polar surface area (TPSA) is 66.2 Å². The Morgan fingerprint density at radius 1 is 1.32 bits per heavy atom. The Bertz CT molecular complexity index is 712. The van der Waals surface area contributed by atoms with E-state index in [0.29, 0.717) is 17.9 Å². The summed E-state index contributed by atoms with van der Waals surface area (Å²) in [5.41, 5.74) is 3.25. The largest absolute Gasteiger partial charge is 0.382 e. The Morgan fingerprint density at radius 2 is 2.12 bits per heavy atom. The number of nitrogens with one attached hydrogen (secondary N) is 2. The number of piperazine rings is 1. The maximum Gasteiger partial charge on any atom is 0.258 e. The van der Waals surface area contributed by atoms with Crippen molar-refractivity contribution in [2.75, 3.05) is 32.0 Å². The van der Waals surface area contributed by atoms with Crippen LogP contribution in [0.2, 0.25) is 0 Å². The number of rotatable bonds is 5. The number of likely N-dealkylation sites (N-methyl/N-ethyl adjacent to an activating group) is 1. The molecule has 2 unspecified atom stereocenters. The number of hydrogen-bond donors (Lipinski definition) is 2. The summed E-state index contributed by atoms with van der Waals surface area (Å²) in [4.78, 5) is 6.95. The lowest BCUT2D eigenvalue weighted by Gasteiger charge is -2.30. The van der Waals surface area contributed by atoms with Crippen molar-refractivity contribution in [2.45, 2.75) is 39.8 Å². The molecule has 0 radical (unpaired) electrons. The molecule has 1 saturated heterocycles. The van der Waals surface area contributed by atoms with Crippen LogP contribution in [0.3, 0.4) is 0 Å². The van der Waals surface area contributed by atoms with Crippen LogP contribution in [-0.2, 0) is 0 Å². The van der Waals surface area contributed by atoms with Gasteiger partial charge in [-0.1, -0.05) is 25.1 Å². The van der Waals surface area contributed by atoms with Crippen LogP contribution >= 0.6 is 0 Å². The van der Waals surface area contributed by atoms with Crippen LogP contribution in [0.25, 0.3) is 11.5 Å². The van der Waals surface area contributed by atoms with Crippen LogP contribution in [0.1, 0.15) is 38.2 Å². The number of benzene rings is 1. The van der Waals surface area contributed by atoms with E-state index < -0.39 is 0 Å². The average molecular weight is 343 g/mol. The predicted octanol–water partition coefficient (Wildman–Crippen LogP) is 3.08. The van der Waals surface area contributed by atoms with Gasteiger partial charge in [0.05, 0.1) is 6.04 Å². The van der Waals surface area contributed by atoms with Crippen LogP contribution < -0.4 is 10.6 Å². The SMILES string of the molecule is Cc1c(NC(C)C(C)C)cccc1-c1nc(C2CNCCN2C)no1. The molecule has 136 valence electrons. The van der Waals surface area contributed by atoms with Crippen LogP contribution in [0.5, 0.6) is 0 Å². The van der Waals surface area contributed by atoms with Crippen molar-refractivity contribution in [1.82, 2.24) is 20.4 Å². The van der Waals surface area contributed by atoms with Crippen LogP contribution in [-0.4, -0.2) is 47.8 Å². The van der Waals surface area contributed by atoms with Gasteiger partial charge >= 0.3 is 0 Å². The smallest absolute Gasteiger partial charge is 0.258 e. The summed E-state index contributed by atoms with van der Waals surface area (Å²) < 4.78 is 5.60. The Balaban J connectivity index is 1.85. The number of hydrogen-bond acceptors (Lipinski definition) is 6. The lowest BCUT2D eigenvalue weighted by molar-refractivity contribution is 0.190. The molecule has 0 aliphatic carbocycles. The molecule has 0 spiro atoms. The van der Waals surface area contributed by atoms with Crippen molar-refractivity contribution in [2.24, 2.45) is 5.92 Å². The summed E-state index contributed by atoms with van der Waals surface area (Å²) in [6, 6.07) is 6.74. The van der Waals surface area contributed by atoms with E-state index in [-0.39, 0.29) is 6.04 Å². The second-order valence-corrected chi connectivity index (χ2v) is 7.31. The number of anilines is 1. The summed E-state index contributed by atoms with van der Waals surface area (Å²) in [5.74, 6) is 1.90. The third-order valence-corrected chi connectivity index (χ3v) is 5.20. The highest BCUT2D eigenvalue weighted by atomic mass is 16.5. The number of nitrogens with zero attached hydrogens (tertiary/aromatic N) is 3. The van der Waals surface area contributed by atoms with Crippen LogP contribution in [0, 0.1) is 12.8 Å². The molecule has 2 aromatic rings. The van der Waals surface area contributed by atoms with E-state index >= 15 is 0 Å². The van der Waals surface area contributed by atoms with Gasteiger partial charge in [-0.2, -0.15) is 4.98 Å². The summed E-state index contributed by atoms with van der Waals surface area (Å²) >= 11 is 0. The molecule has 1 aromatic heterocycles. The van der Waals surface area contributed by atoms with Gasteiger partial charge in [0.15, 0.2) is 5.82 Å². The molecular formula is C19H29N5O. The lowest BCUT2D eigenvalue weighted by atomic mass is 10.0. The molecule has 2 heterocycles. The van der Waals surface area contributed by atoms with E-state index in [0.717, 1.165) is 42.3 Å². The fourth-order valence-electron chi connectivity index (χ4n) is 3.01. The van der Waals surface area contributed by atoms with Crippen molar-refractivity contribution in [3.05, 3.63) is 29.6 Å². The monoisotopic (exact) mass is 343 g/mol. The molecule has 0 amide bonds. The fourth-order valence-corrected chi connectivity index (χ4v) is 3.01. The normalized spacial score (nSPS) is 20.0. The first kappa shape index (κ1) is 17.9. The summed E-state index contributed by atoms with van der Waals surface area (Å²) in [7, 11) is 2.10.